The summed E-state index contributed by atoms with van der Waals surface area (Å²) in [6, 6.07) is 5.26. The van der Waals surface area contributed by atoms with E-state index in [0.29, 0.717) is 12.1 Å². The first kappa shape index (κ1) is 10.7. The van der Waals surface area contributed by atoms with Crippen molar-refractivity contribution in [2.45, 2.75) is 38.3 Å². The Bertz CT molecular complexity index is 262. The maximum Gasteiger partial charge on any atom is 0.0444 e. The minimum absolute atomic E-state index is 0.420. The first-order valence-electron chi connectivity index (χ1n) is 5.96. The zero-order chi connectivity index (χ0) is 10.5. The summed E-state index contributed by atoms with van der Waals surface area (Å²) in [5.74, 6) is 0. The average Bonchev–Trinajstić information content (AvgIpc) is 2.81. The van der Waals surface area contributed by atoms with E-state index in [9.17, 15) is 0 Å². The van der Waals surface area contributed by atoms with Crippen LogP contribution < -0.4 is 10.6 Å². The molecule has 0 unspecified atom stereocenters. The maximum absolute atomic E-state index is 3.56. The number of hydrogen-bond acceptors (Lipinski definition) is 2. The molecule has 2 atom stereocenters. The third-order valence-corrected chi connectivity index (χ3v) is 3.17. The molecule has 0 bridgehead atoms. The van der Waals surface area contributed by atoms with Crippen LogP contribution in [0.1, 0.15) is 37.9 Å². The van der Waals surface area contributed by atoms with Crippen LogP contribution in [0.3, 0.4) is 0 Å². The van der Waals surface area contributed by atoms with Crippen molar-refractivity contribution in [3.05, 3.63) is 24.0 Å². The van der Waals surface area contributed by atoms with Gasteiger partial charge in [-0.25, -0.2) is 0 Å². The normalized spacial score (nSPS) is 23.9. The zero-order valence-electron chi connectivity index (χ0n) is 9.42. The van der Waals surface area contributed by atoms with E-state index < -0.39 is 0 Å². The minimum atomic E-state index is 0.420. The van der Waals surface area contributed by atoms with Gasteiger partial charge in [-0.3, -0.25) is 0 Å². The molecule has 3 N–H and O–H groups in total. The number of nitrogens with one attached hydrogen (secondary N) is 3. The van der Waals surface area contributed by atoms with Crippen LogP contribution in [-0.2, 0) is 0 Å². The molecule has 0 aliphatic carbocycles. The van der Waals surface area contributed by atoms with Crippen molar-refractivity contribution in [1.82, 2.24) is 15.6 Å². The number of rotatable bonds is 4. The molecule has 3 nitrogen and oxygen atoms in total. The molecule has 0 spiro atoms. The Morgan fingerprint density at radius 1 is 1.53 bits per heavy atom. The van der Waals surface area contributed by atoms with Crippen molar-refractivity contribution in [3.63, 3.8) is 0 Å². The lowest BCUT2D eigenvalue weighted by Gasteiger charge is -2.25. The van der Waals surface area contributed by atoms with E-state index in [1.165, 1.54) is 31.5 Å². The molecule has 2 heterocycles. The summed E-state index contributed by atoms with van der Waals surface area (Å²) in [4.78, 5) is 3.24. The molecule has 0 radical (unpaired) electrons. The lowest BCUT2D eigenvalue weighted by atomic mass is 10.0. The monoisotopic (exact) mass is 207 g/mol. The van der Waals surface area contributed by atoms with Crippen LogP contribution in [0.4, 0.5) is 0 Å². The zero-order valence-corrected chi connectivity index (χ0v) is 9.42. The van der Waals surface area contributed by atoms with Crippen LogP contribution in [0.15, 0.2) is 18.3 Å². The van der Waals surface area contributed by atoms with Crippen LogP contribution in [0.5, 0.6) is 0 Å². The third kappa shape index (κ3) is 3.08. The predicted octanol–water partition coefficient (Wildman–Crippen LogP) is 1.81. The van der Waals surface area contributed by atoms with Crippen molar-refractivity contribution in [3.8, 4) is 0 Å². The van der Waals surface area contributed by atoms with E-state index in [-0.39, 0.29) is 0 Å². The molecule has 1 aliphatic rings. The molecule has 1 aromatic rings. The molecular weight excluding hydrogens is 186 g/mol. The second-order valence-corrected chi connectivity index (χ2v) is 4.40. The highest BCUT2D eigenvalue weighted by Crippen LogP contribution is 2.10. The summed E-state index contributed by atoms with van der Waals surface area (Å²) >= 11 is 0. The third-order valence-electron chi connectivity index (χ3n) is 3.17. The van der Waals surface area contributed by atoms with Crippen molar-refractivity contribution in [2.75, 3.05) is 13.1 Å². The Morgan fingerprint density at radius 2 is 2.47 bits per heavy atom. The fourth-order valence-electron chi connectivity index (χ4n) is 2.14. The van der Waals surface area contributed by atoms with Gasteiger partial charge in [-0.2, -0.15) is 0 Å². The van der Waals surface area contributed by atoms with E-state index in [2.05, 4.69) is 28.6 Å². The second-order valence-electron chi connectivity index (χ2n) is 4.40. The number of piperidine rings is 1. The fraction of sp³-hybridized carbons (Fsp3) is 0.667. The van der Waals surface area contributed by atoms with E-state index in [4.69, 9.17) is 0 Å². The Morgan fingerprint density at radius 3 is 3.13 bits per heavy atom. The van der Waals surface area contributed by atoms with Crippen LogP contribution in [0.25, 0.3) is 0 Å². The van der Waals surface area contributed by atoms with E-state index in [1.54, 1.807) is 0 Å². The first-order chi connectivity index (χ1) is 7.36. The van der Waals surface area contributed by atoms with Crippen LogP contribution in [-0.4, -0.2) is 24.1 Å². The minimum Gasteiger partial charge on any atom is -0.364 e. The van der Waals surface area contributed by atoms with Gasteiger partial charge in [0.1, 0.15) is 0 Å². The maximum atomic E-state index is 3.56. The van der Waals surface area contributed by atoms with Gasteiger partial charge in [0.2, 0.25) is 0 Å². The van der Waals surface area contributed by atoms with Gasteiger partial charge < -0.3 is 15.6 Å². The molecule has 1 aliphatic heterocycles. The van der Waals surface area contributed by atoms with E-state index in [0.717, 1.165) is 6.54 Å². The summed E-state index contributed by atoms with van der Waals surface area (Å²) < 4.78 is 0. The molecule has 0 saturated carbocycles. The van der Waals surface area contributed by atoms with Gasteiger partial charge in [-0.05, 0) is 38.4 Å². The van der Waals surface area contributed by atoms with E-state index in [1.807, 2.05) is 12.3 Å². The second kappa shape index (κ2) is 5.33. The molecule has 1 aromatic heterocycles. The van der Waals surface area contributed by atoms with Gasteiger partial charge in [-0.15, -0.1) is 0 Å². The summed E-state index contributed by atoms with van der Waals surface area (Å²) in [5.41, 5.74) is 1.27. The smallest absolute Gasteiger partial charge is 0.0444 e. The Hall–Kier alpha value is -0.800. The largest absolute Gasteiger partial charge is 0.364 e. The summed E-state index contributed by atoms with van der Waals surface area (Å²) in [6.45, 7) is 4.46. The van der Waals surface area contributed by atoms with Gasteiger partial charge >= 0.3 is 0 Å². The summed E-state index contributed by atoms with van der Waals surface area (Å²) in [6.07, 6.45) is 6.00. The van der Waals surface area contributed by atoms with E-state index >= 15 is 0 Å². The summed E-state index contributed by atoms with van der Waals surface area (Å²) in [7, 11) is 0. The molecule has 0 aromatic carbocycles. The first-order valence-corrected chi connectivity index (χ1v) is 5.96. The van der Waals surface area contributed by atoms with Gasteiger partial charge in [0, 0.05) is 30.5 Å². The number of aromatic amines is 1. The molecule has 1 fully saturated rings. The van der Waals surface area contributed by atoms with Gasteiger partial charge in [0.15, 0.2) is 0 Å². The Labute approximate surface area is 91.7 Å². The quantitative estimate of drug-likeness (QED) is 0.704. The molecule has 1 saturated heterocycles. The molecule has 3 heteroatoms. The van der Waals surface area contributed by atoms with Gasteiger partial charge in [0.25, 0.3) is 0 Å². The molecular formula is C12H21N3. The average molecular weight is 207 g/mol. The highest BCUT2D eigenvalue weighted by Gasteiger charge is 2.13. The Kier molecular flexibility index (Phi) is 3.80. The van der Waals surface area contributed by atoms with Crippen LogP contribution in [0, 0.1) is 0 Å². The lowest BCUT2D eigenvalue weighted by molar-refractivity contribution is 0.370. The molecule has 0 amide bonds. The van der Waals surface area contributed by atoms with Crippen LogP contribution in [0.2, 0.25) is 0 Å². The van der Waals surface area contributed by atoms with Gasteiger partial charge in [-0.1, -0.05) is 6.42 Å². The fourth-order valence-corrected chi connectivity index (χ4v) is 2.14. The topological polar surface area (TPSA) is 39.8 Å². The van der Waals surface area contributed by atoms with Gasteiger partial charge in [0.05, 0.1) is 0 Å². The highest BCUT2D eigenvalue weighted by molar-refractivity contribution is 5.07. The molecule has 15 heavy (non-hydrogen) atoms. The Balaban J connectivity index is 1.73. The molecule has 84 valence electrons. The van der Waals surface area contributed by atoms with Crippen molar-refractivity contribution < 1.29 is 0 Å². The van der Waals surface area contributed by atoms with Crippen molar-refractivity contribution >= 4 is 0 Å². The number of hydrogen-bond donors (Lipinski definition) is 3. The highest BCUT2D eigenvalue weighted by atomic mass is 15.0. The summed E-state index contributed by atoms with van der Waals surface area (Å²) in [5, 5.41) is 7.11. The lowest BCUT2D eigenvalue weighted by Crippen LogP contribution is -2.42. The number of H-pyrrole nitrogens is 1. The molecule has 2 rings (SSSR count). The number of aromatic nitrogens is 1. The van der Waals surface area contributed by atoms with Crippen LogP contribution >= 0.6 is 0 Å². The van der Waals surface area contributed by atoms with Crippen molar-refractivity contribution in [1.29, 1.82) is 0 Å². The predicted molar refractivity (Wildman–Crippen MR) is 62.9 cm³/mol. The van der Waals surface area contributed by atoms with Crippen molar-refractivity contribution in [2.24, 2.45) is 0 Å². The SMILES string of the molecule is C[C@H](NC[C@@H]1CCCCN1)c1ccc[nH]1. The standard InChI is InChI=1S/C12H21N3/c1-10(12-6-4-8-14-12)15-9-11-5-2-3-7-13-11/h4,6,8,10-11,13-15H,2-3,5,7,9H2,1H3/t10-,11-/m0/s1.